The summed E-state index contributed by atoms with van der Waals surface area (Å²) in [6, 6.07) is 7.76. The third-order valence-electron chi connectivity index (χ3n) is 3.34. The van der Waals surface area contributed by atoms with E-state index in [0.717, 1.165) is 5.56 Å². The summed E-state index contributed by atoms with van der Waals surface area (Å²) in [5.74, 6) is -0.371. The number of aromatic nitrogens is 2. The van der Waals surface area contributed by atoms with Gasteiger partial charge in [-0.1, -0.05) is 23.7 Å². The topological polar surface area (TPSA) is 34.4 Å². The number of halogens is 2. The van der Waals surface area contributed by atoms with Gasteiger partial charge in [0.1, 0.15) is 5.82 Å². The second kappa shape index (κ2) is 4.97. The average molecular weight is 303 g/mol. The van der Waals surface area contributed by atoms with E-state index < -0.39 is 0 Å². The van der Waals surface area contributed by atoms with Crippen LogP contribution in [0.1, 0.15) is 11.1 Å². The van der Waals surface area contributed by atoms with Gasteiger partial charge in [0.05, 0.1) is 10.7 Å². The minimum atomic E-state index is -0.371. The summed E-state index contributed by atoms with van der Waals surface area (Å²) in [7, 11) is 0. The second-order valence-electron chi connectivity index (χ2n) is 4.96. The lowest BCUT2D eigenvalue weighted by molar-refractivity contribution is 0.628. The summed E-state index contributed by atoms with van der Waals surface area (Å²) in [4.78, 5) is 16.9. The maximum Gasteiger partial charge on any atom is 0.261 e. The molecule has 0 saturated heterocycles. The number of nitrogens with zero attached hydrogens (tertiary/aromatic N) is 2. The molecule has 21 heavy (non-hydrogen) atoms. The first-order valence-corrected chi connectivity index (χ1v) is 6.80. The predicted molar refractivity (Wildman–Crippen MR) is 81.3 cm³/mol. The van der Waals surface area contributed by atoms with Crippen LogP contribution in [0.2, 0.25) is 5.02 Å². The second-order valence-corrected chi connectivity index (χ2v) is 5.37. The van der Waals surface area contributed by atoms with Crippen molar-refractivity contribution >= 4 is 17.2 Å². The molecule has 106 valence electrons. The first-order chi connectivity index (χ1) is 9.97. The first-order valence-electron chi connectivity index (χ1n) is 6.42. The van der Waals surface area contributed by atoms with Gasteiger partial charge >= 0.3 is 0 Å². The van der Waals surface area contributed by atoms with Crippen LogP contribution >= 0.6 is 11.6 Å². The molecule has 0 spiro atoms. The number of fused-ring (bicyclic) bond motifs is 1. The Labute approximate surface area is 125 Å². The maximum atomic E-state index is 13.4. The number of hydrogen-bond donors (Lipinski definition) is 0. The molecule has 3 aromatic rings. The van der Waals surface area contributed by atoms with E-state index >= 15 is 0 Å². The van der Waals surface area contributed by atoms with Crippen molar-refractivity contribution in [2.45, 2.75) is 13.8 Å². The van der Waals surface area contributed by atoms with Crippen molar-refractivity contribution in [1.29, 1.82) is 0 Å². The van der Waals surface area contributed by atoms with E-state index in [1.54, 1.807) is 31.3 Å². The van der Waals surface area contributed by atoms with Crippen LogP contribution in [0.5, 0.6) is 0 Å². The van der Waals surface area contributed by atoms with E-state index in [1.807, 2.05) is 6.92 Å². The number of benzene rings is 1. The molecule has 0 radical (unpaired) electrons. The van der Waals surface area contributed by atoms with E-state index in [9.17, 15) is 9.18 Å². The molecule has 0 fully saturated rings. The zero-order valence-electron chi connectivity index (χ0n) is 11.5. The van der Waals surface area contributed by atoms with Gasteiger partial charge in [-0.2, -0.15) is 0 Å². The SMILES string of the molecule is Cc1cc(Cl)c2nc(-c3cccc(F)c3)c(C)c(=O)n2c1. The third-order valence-corrected chi connectivity index (χ3v) is 3.62. The molecule has 5 heteroatoms. The highest BCUT2D eigenvalue weighted by Gasteiger charge is 2.13. The lowest BCUT2D eigenvalue weighted by Gasteiger charge is -2.10. The highest BCUT2D eigenvalue weighted by molar-refractivity contribution is 6.33. The fourth-order valence-corrected chi connectivity index (χ4v) is 2.64. The highest BCUT2D eigenvalue weighted by atomic mass is 35.5. The van der Waals surface area contributed by atoms with E-state index in [2.05, 4.69) is 4.98 Å². The van der Waals surface area contributed by atoms with Crippen LogP contribution in [-0.2, 0) is 0 Å². The lowest BCUT2D eigenvalue weighted by atomic mass is 10.1. The summed E-state index contributed by atoms with van der Waals surface area (Å²) >= 11 is 6.18. The van der Waals surface area contributed by atoms with Crippen molar-refractivity contribution in [2.24, 2.45) is 0 Å². The maximum absolute atomic E-state index is 13.4. The molecule has 0 unspecified atom stereocenters. The number of pyridine rings is 1. The van der Waals surface area contributed by atoms with Crippen molar-refractivity contribution in [3.63, 3.8) is 0 Å². The zero-order valence-corrected chi connectivity index (χ0v) is 12.3. The molecule has 3 nitrogen and oxygen atoms in total. The molecule has 0 aliphatic carbocycles. The summed E-state index contributed by atoms with van der Waals surface area (Å²) < 4.78 is 14.8. The van der Waals surface area contributed by atoms with E-state index in [-0.39, 0.29) is 11.4 Å². The normalized spacial score (nSPS) is 11.0. The largest absolute Gasteiger partial charge is 0.269 e. The molecule has 0 bridgehead atoms. The molecule has 3 rings (SSSR count). The Kier molecular flexibility index (Phi) is 3.26. The van der Waals surface area contributed by atoms with Crippen molar-refractivity contribution in [1.82, 2.24) is 9.38 Å². The number of hydrogen-bond acceptors (Lipinski definition) is 2. The minimum Gasteiger partial charge on any atom is -0.269 e. The summed E-state index contributed by atoms with van der Waals surface area (Å²) in [5, 5.41) is 0.393. The number of aryl methyl sites for hydroxylation is 1. The Morgan fingerprint density at radius 2 is 2.00 bits per heavy atom. The zero-order chi connectivity index (χ0) is 15.1. The third kappa shape index (κ3) is 2.32. The summed E-state index contributed by atoms with van der Waals surface area (Å²) in [6.45, 7) is 3.53. The smallest absolute Gasteiger partial charge is 0.261 e. The van der Waals surface area contributed by atoms with Crippen LogP contribution in [0.4, 0.5) is 4.39 Å². The van der Waals surface area contributed by atoms with Gasteiger partial charge in [0.2, 0.25) is 0 Å². The standard InChI is InChI=1S/C16H12ClFN2O/c1-9-6-13(17)15-19-14(10(2)16(21)20(15)8-9)11-4-3-5-12(18)7-11/h3-8H,1-2H3. The first kappa shape index (κ1) is 13.8. The monoisotopic (exact) mass is 302 g/mol. The molecule has 2 aromatic heterocycles. The van der Waals surface area contributed by atoms with Crippen molar-refractivity contribution in [3.05, 3.63) is 68.8 Å². The predicted octanol–water partition coefficient (Wildman–Crippen LogP) is 3.77. The lowest BCUT2D eigenvalue weighted by Crippen LogP contribution is -2.19. The highest BCUT2D eigenvalue weighted by Crippen LogP contribution is 2.23. The van der Waals surface area contributed by atoms with Crippen molar-refractivity contribution in [2.75, 3.05) is 0 Å². The molecule has 1 aromatic carbocycles. The Morgan fingerprint density at radius 3 is 2.71 bits per heavy atom. The van der Waals surface area contributed by atoms with Gasteiger partial charge in [0, 0.05) is 17.3 Å². The van der Waals surface area contributed by atoms with Gasteiger partial charge in [0.25, 0.3) is 5.56 Å². The molecule has 0 aliphatic heterocycles. The molecular formula is C16H12ClFN2O. The Hall–Kier alpha value is -2.20. The van der Waals surface area contributed by atoms with Crippen LogP contribution in [0, 0.1) is 19.7 Å². The summed E-state index contributed by atoms with van der Waals surface area (Å²) in [5.41, 5.74) is 2.50. The van der Waals surface area contributed by atoms with Gasteiger partial charge in [-0.3, -0.25) is 9.20 Å². The molecule has 0 N–H and O–H groups in total. The minimum absolute atomic E-state index is 0.204. The Morgan fingerprint density at radius 1 is 1.24 bits per heavy atom. The van der Waals surface area contributed by atoms with Crippen molar-refractivity contribution in [3.8, 4) is 11.3 Å². The molecule has 2 heterocycles. The summed E-state index contributed by atoms with van der Waals surface area (Å²) in [6.07, 6.45) is 1.69. The van der Waals surface area contributed by atoms with Crippen LogP contribution in [-0.4, -0.2) is 9.38 Å². The van der Waals surface area contributed by atoms with E-state index in [1.165, 1.54) is 16.5 Å². The van der Waals surface area contributed by atoms with Gasteiger partial charge < -0.3 is 0 Å². The molecule has 0 amide bonds. The van der Waals surface area contributed by atoms with Gasteiger partial charge in [0.15, 0.2) is 5.65 Å². The molecular weight excluding hydrogens is 291 g/mol. The van der Waals surface area contributed by atoms with E-state index in [4.69, 9.17) is 11.6 Å². The fraction of sp³-hybridized carbons (Fsp3) is 0.125. The van der Waals surface area contributed by atoms with Gasteiger partial charge in [-0.15, -0.1) is 0 Å². The van der Waals surface area contributed by atoms with Gasteiger partial charge in [-0.25, -0.2) is 9.37 Å². The van der Waals surface area contributed by atoms with Crippen LogP contribution in [0.3, 0.4) is 0 Å². The van der Waals surface area contributed by atoms with Crippen molar-refractivity contribution < 1.29 is 4.39 Å². The van der Waals surface area contributed by atoms with Crippen LogP contribution in [0.25, 0.3) is 16.9 Å². The van der Waals surface area contributed by atoms with Crippen LogP contribution < -0.4 is 5.56 Å². The Balaban J connectivity index is 2.41. The Bertz CT molecular complexity index is 918. The molecule has 0 atom stereocenters. The number of rotatable bonds is 1. The van der Waals surface area contributed by atoms with E-state index in [0.29, 0.717) is 27.5 Å². The van der Waals surface area contributed by atoms with Crippen LogP contribution in [0.15, 0.2) is 41.3 Å². The molecule has 0 aliphatic rings. The average Bonchev–Trinajstić information content (AvgIpc) is 2.43. The van der Waals surface area contributed by atoms with Gasteiger partial charge in [-0.05, 0) is 37.6 Å². The fourth-order valence-electron chi connectivity index (χ4n) is 2.33. The molecule has 0 saturated carbocycles. The quantitative estimate of drug-likeness (QED) is 0.686.